The first-order chi connectivity index (χ1) is 12.0. The molecule has 1 aromatic heterocycles. The normalized spacial score (nSPS) is 16.8. The number of piperazine rings is 1. The molecule has 1 saturated heterocycles. The summed E-state index contributed by atoms with van der Waals surface area (Å²) in [5.41, 5.74) is 0.254. The van der Waals surface area contributed by atoms with E-state index in [0.717, 1.165) is 4.88 Å². The molecule has 3 rings (SSSR count). The Morgan fingerprint density at radius 3 is 2.64 bits per heavy atom. The number of thiophene rings is 1. The highest BCUT2D eigenvalue weighted by Gasteiger charge is 2.24. The van der Waals surface area contributed by atoms with Crippen LogP contribution in [-0.4, -0.2) is 53.5 Å². The van der Waals surface area contributed by atoms with E-state index in [1.54, 1.807) is 11.0 Å². The van der Waals surface area contributed by atoms with E-state index < -0.39 is 11.9 Å². The number of aliphatic hydroxyl groups excluding tert-OH is 1. The molecule has 0 bridgehead atoms. The Morgan fingerprint density at radius 1 is 1.24 bits per heavy atom. The van der Waals surface area contributed by atoms with Crippen molar-refractivity contribution < 1.29 is 14.3 Å². The van der Waals surface area contributed by atoms with Gasteiger partial charge in [0.15, 0.2) is 0 Å². The van der Waals surface area contributed by atoms with Crippen LogP contribution >= 0.6 is 22.9 Å². The summed E-state index contributed by atoms with van der Waals surface area (Å²) in [5, 5.41) is 12.5. The highest BCUT2D eigenvalue weighted by Crippen LogP contribution is 2.22. The molecule has 7 heteroatoms. The van der Waals surface area contributed by atoms with Gasteiger partial charge in [0.1, 0.15) is 11.9 Å². The summed E-state index contributed by atoms with van der Waals surface area (Å²) in [7, 11) is 0. The molecule has 1 N–H and O–H groups in total. The standard InChI is InChI=1S/C18H20ClFN2O2S/c19-14-3-1-4-15(20)13(14)11-18(24)22-8-6-21(7-9-22)12-16(23)17-5-2-10-25-17/h1-5,10,16,23H,6-9,11-12H2. The van der Waals surface area contributed by atoms with E-state index in [2.05, 4.69) is 4.90 Å². The number of hydrogen-bond donors (Lipinski definition) is 1. The molecule has 1 fully saturated rings. The van der Waals surface area contributed by atoms with Crippen LogP contribution in [-0.2, 0) is 11.2 Å². The number of β-amino-alcohol motifs (C(OH)–C–C–N with tert-alkyl or cyclic N) is 1. The maximum absolute atomic E-state index is 13.8. The fourth-order valence-electron chi connectivity index (χ4n) is 2.96. The SMILES string of the molecule is O=C(Cc1c(F)cccc1Cl)N1CCN(CC(O)c2cccs2)CC1. The molecule has 1 aromatic carbocycles. The number of benzene rings is 1. The van der Waals surface area contributed by atoms with Gasteiger partial charge in [0.2, 0.25) is 5.91 Å². The third kappa shape index (κ3) is 4.58. The van der Waals surface area contributed by atoms with Crippen molar-refractivity contribution >= 4 is 28.8 Å². The molecule has 1 atom stereocenters. The topological polar surface area (TPSA) is 43.8 Å². The lowest BCUT2D eigenvalue weighted by Crippen LogP contribution is -2.50. The Balaban J connectivity index is 1.51. The van der Waals surface area contributed by atoms with Crippen molar-refractivity contribution in [2.75, 3.05) is 32.7 Å². The van der Waals surface area contributed by atoms with E-state index in [1.165, 1.54) is 23.5 Å². The molecule has 25 heavy (non-hydrogen) atoms. The van der Waals surface area contributed by atoms with Crippen LogP contribution < -0.4 is 0 Å². The largest absolute Gasteiger partial charge is 0.386 e. The van der Waals surface area contributed by atoms with Crippen LogP contribution in [0.2, 0.25) is 5.02 Å². The fraction of sp³-hybridized carbons (Fsp3) is 0.389. The molecule has 1 unspecified atom stereocenters. The summed E-state index contributed by atoms with van der Waals surface area (Å²) < 4.78 is 13.8. The van der Waals surface area contributed by atoms with Crippen LogP contribution in [0.1, 0.15) is 16.5 Å². The van der Waals surface area contributed by atoms with E-state index >= 15 is 0 Å². The van der Waals surface area contributed by atoms with E-state index in [0.29, 0.717) is 32.7 Å². The minimum absolute atomic E-state index is 0.0245. The third-order valence-electron chi connectivity index (χ3n) is 4.42. The van der Waals surface area contributed by atoms with Crippen molar-refractivity contribution in [1.29, 1.82) is 0 Å². The maximum atomic E-state index is 13.8. The lowest BCUT2D eigenvalue weighted by molar-refractivity contribution is -0.132. The molecule has 1 amide bonds. The second kappa shape index (κ2) is 8.27. The molecule has 4 nitrogen and oxygen atoms in total. The van der Waals surface area contributed by atoms with Crippen LogP contribution in [0.5, 0.6) is 0 Å². The molecule has 2 heterocycles. The van der Waals surface area contributed by atoms with Gasteiger partial charge in [-0.15, -0.1) is 11.3 Å². The number of aliphatic hydroxyl groups is 1. The molecular formula is C18H20ClFN2O2S. The van der Waals surface area contributed by atoms with Crippen LogP contribution in [0.3, 0.4) is 0 Å². The summed E-state index contributed by atoms with van der Waals surface area (Å²) in [6.07, 6.45) is -0.525. The van der Waals surface area contributed by atoms with E-state index in [-0.39, 0.29) is 22.9 Å². The van der Waals surface area contributed by atoms with Gasteiger partial charge in [-0.05, 0) is 23.6 Å². The minimum Gasteiger partial charge on any atom is -0.386 e. The molecule has 1 aliphatic rings. The first-order valence-electron chi connectivity index (χ1n) is 8.19. The van der Waals surface area contributed by atoms with Gasteiger partial charge in [0.05, 0.1) is 6.42 Å². The van der Waals surface area contributed by atoms with E-state index in [1.807, 2.05) is 17.5 Å². The van der Waals surface area contributed by atoms with Gasteiger partial charge in [-0.25, -0.2) is 4.39 Å². The third-order valence-corrected chi connectivity index (χ3v) is 5.75. The predicted octanol–water partition coefficient (Wildman–Crippen LogP) is 2.96. The smallest absolute Gasteiger partial charge is 0.227 e. The summed E-state index contributed by atoms with van der Waals surface area (Å²) in [4.78, 5) is 17.2. The predicted molar refractivity (Wildman–Crippen MR) is 97.4 cm³/mol. The lowest BCUT2D eigenvalue weighted by atomic mass is 10.1. The zero-order chi connectivity index (χ0) is 17.8. The molecule has 0 radical (unpaired) electrons. The lowest BCUT2D eigenvalue weighted by Gasteiger charge is -2.35. The van der Waals surface area contributed by atoms with E-state index in [9.17, 15) is 14.3 Å². The van der Waals surface area contributed by atoms with Crippen LogP contribution in [0.25, 0.3) is 0 Å². The second-order valence-electron chi connectivity index (χ2n) is 6.09. The first-order valence-corrected chi connectivity index (χ1v) is 9.45. The zero-order valence-corrected chi connectivity index (χ0v) is 15.3. The maximum Gasteiger partial charge on any atom is 0.227 e. The summed E-state index contributed by atoms with van der Waals surface area (Å²) >= 11 is 7.54. The van der Waals surface area contributed by atoms with Crippen molar-refractivity contribution in [3.05, 3.63) is 57.0 Å². The van der Waals surface area contributed by atoms with Gasteiger partial charge < -0.3 is 10.0 Å². The van der Waals surface area contributed by atoms with Crippen molar-refractivity contribution in [3.63, 3.8) is 0 Å². The second-order valence-corrected chi connectivity index (χ2v) is 7.48. The Morgan fingerprint density at radius 2 is 2.00 bits per heavy atom. The van der Waals surface area contributed by atoms with Crippen LogP contribution in [0.4, 0.5) is 4.39 Å². The number of carbonyl (C=O) groups is 1. The fourth-order valence-corrected chi connectivity index (χ4v) is 3.89. The van der Waals surface area contributed by atoms with Gasteiger partial charge in [-0.1, -0.05) is 23.7 Å². The Labute approximate surface area is 155 Å². The average Bonchev–Trinajstić information content (AvgIpc) is 3.13. The van der Waals surface area contributed by atoms with Crippen LogP contribution in [0.15, 0.2) is 35.7 Å². The number of halogens is 2. The van der Waals surface area contributed by atoms with Gasteiger partial charge in [-0.3, -0.25) is 9.69 Å². The van der Waals surface area contributed by atoms with Crippen molar-refractivity contribution in [3.8, 4) is 0 Å². The van der Waals surface area contributed by atoms with Crippen molar-refractivity contribution in [2.45, 2.75) is 12.5 Å². The highest BCUT2D eigenvalue weighted by atomic mass is 35.5. The summed E-state index contributed by atoms with van der Waals surface area (Å²) in [5.74, 6) is -0.566. The van der Waals surface area contributed by atoms with Crippen molar-refractivity contribution in [2.24, 2.45) is 0 Å². The Kier molecular flexibility index (Phi) is 6.06. The summed E-state index contributed by atoms with van der Waals surface area (Å²) in [6, 6.07) is 8.29. The monoisotopic (exact) mass is 382 g/mol. The molecule has 0 aliphatic carbocycles. The van der Waals surface area contributed by atoms with Gasteiger partial charge >= 0.3 is 0 Å². The zero-order valence-electron chi connectivity index (χ0n) is 13.7. The number of hydrogen-bond acceptors (Lipinski definition) is 4. The molecular weight excluding hydrogens is 363 g/mol. The van der Waals surface area contributed by atoms with Crippen molar-refractivity contribution in [1.82, 2.24) is 9.80 Å². The average molecular weight is 383 g/mol. The number of rotatable bonds is 5. The molecule has 0 saturated carbocycles. The Bertz CT molecular complexity index is 698. The molecule has 1 aliphatic heterocycles. The number of carbonyl (C=O) groups excluding carboxylic acids is 1. The van der Waals surface area contributed by atoms with Crippen LogP contribution in [0, 0.1) is 5.82 Å². The minimum atomic E-state index is -0.500. The first kappa shape index (κ1) is 18.3. The quantitative estimate of drug-likeness (QED) is 0.864. The number of amides is 1. The van der Waals surface area contributed by atoms with Gasteiger partial charge in [0, 0.05) is 48.2 Å². The summed E-state index contributed by atoms with van der Waals surface area (Å²) in [6.45, 7) is 3.09. The highest BCUT2D eigenvalue weighted by molar-refractivity contribution is 7.10. The molecule has 0 spiro atoms. The van der Waals surface area contributed by atoms with E-state index in [4.69, 9.17) is 11.6 Å². The molecule has 134 valence electrons. The molecule has 2 aromatic rings. The Hall–Kier alpha value is -1.47. The van der Waals surface area contributed by atoms with Gasteiger partial charge in [-0.2, -0.15) is 0 Å². The van der Waals surface area contributed by atoms with Gasteiger partial charge in [0.25, 0.3) is 0 Å². The number of nitrogens with zero attached hydrogens (tertiary/aromatic N) is 2.